The van der Waals surface area contributed by atoms with Gasteiger partial charge in [-0.1, -0.05) is 44.2 Å². The van der Waals surface area contributed by atoms with Crippen molar-refractivity contribution in [3.8, 4) is 6.07 Å². The van der Waals surface area contributed by atoms with Crippen LogP contribution < -0.4 is 5.32 Å². The average molecular weight is 202 g/mol. The maximum atomic E-state index is 8.90. The summed E-state index contributed by atoms with van der Waals surface area (Å²) in [4.78, 5) is 0. The van der Waals surface area contributed by atoms with Gasteiger partial charge in [-0.2, -0.15) is 5.26 Å². The van der Waals surface area contributed by atoms with Crippen molar-refractivity contribution in [3.05, 3.63) is 35.9 Å². The molecular formula is C13H18N2. The molecule has 0 saturated heterocycles. The van der Waals surface area contributed by atoms with Crippen LogP contribution in [0.2, 0.25) is 0 Å². The quantitative estimate of drug-likeness (QED) is 0.796. The lowest BCUT2D eigenvalue weighted by Crippen LogP contribution is -2.30. The number of hydrogen-bond acceptors (Lipinski definition) is 2. The van der Waals surface area contributed by atoms with Crippen molar-refractivity contribution >= 4 is 0 Å². The zero-order valence-electron chi connectivity index (χ0n) is 9.40. The zero-order valence-corrected chi connectivity index (χ0v) is 9.40. The van der Waals surface area contributed by atoms with Gasteiger partial charge in [0.05, 0.1) is 12.1 Å². The molecule has 0 bridgehead atoms. The molecule has 0 saturated carbocycles. The van der Waals surface area contributed by atoms with E-state index in [1.807, 2.05) is 25.1 Å². The molecule has 1 rings (SSSR count). The van der Waals surface area contributed by atoms with E-state index in [0.29, 0.717) is 0 Å². The van der Waals surface area contributed by atoms with E-state index in [9.17, 15) is 0 Å². The van der Waals surface area contributed by atoms with Crippen LogP contribution in [0, 0.1) is 11.3 Å². The summed E-state index contributed by atoms with van der Waals surface area (Å²) in [5.41, 5.74) is 1.26. The first kappa shape index (κ1) is 11.7. The van der Waals surface area contributed by atoms with E-state index < -0.39 is 0 Å². The Morgan fingerprint density at radius 1 is 1.20 bits per heavy atom. The van der Waals surface area contributed by atoms with Crippen molar-refractivity contribution in [1.82, 2.24) is 5.32 Å². The molecule has 15 heavy (non-hydrogen) atoms. The number of rotatable bonds is 5. The monoisotopic (exact) mass is 202 g/mol. The summed E-state index contributed by atoms with van der Waals surface area (Å²) in [5, 5.41) is 12.3. The highest BCUT2D eigenvalue weighted by molar-refractivity contribution is 5.19. The van der Waals surface area contributed by atoms with Gasteiger partial charge in [0.25, 0.3) is 0 Å². The predicted octanol–water partition coefficient (Wildman–Crippen LogP) is 3.03. The summed E-state index contributed by atoms with van der Waals surface area (Å²) < 4.78 is 0. The van der Waals surface area contributed by atoms with Crippen molar-refractivity contribution in [2.45, 2.75) is 38.8 Å². The Hall–Kier alpha value is -1.33. The molecule has 1 aromatic carbocycles. The van der Waals surface area contributed by atoms with Crippen molar-refractivity contribution < 1.29 is 0 Å². The van der Waals surface area contributed by atoms with Crippen LogP contribution >= 0.6 is 0 Å². The summed E-state index contributed by atoms with van der Waals surface area (Å²) >= 11 is 0. The van der Waals surface area contributed by atoms with Crippen LogP contribution in [-0.4, -0.2) is 6.04 Å². The van der Waals surface area contributed by atoms with Gasteiger partial charge in [-0.15, -0.1) is 0 Å². The van der Waals surface area contributed by atoms with Gasteiger partial charge in [0.1, 0.15) is 0 Å². The van der Waals surface area contributed by atoms with E-state index in [4.69, 9.17) is 5.26 Å². The molecule has 2 atom stereocenters. The lowest BCUT2D eigenvalue weighted by Gasteiger charge is -2.20. The second-order valence-corrected chi connectivity index (χ2v) is 3.63. The first-order chi connectivity index (χ1) is 7.31. The Morgan fingerprint density at radius 2 is 1.87 bits per heavy atom. The van der Waals surface area contributed by atoms with Crippen molar-refractivity contribution in [3.63, 3.8) is 0 Å². The van der Waals surface area contributed by atoms with E-state index in [-0.39, 0.29) is 12.1 Å². The molecule has 1 aromatic rings. The van der Waals surface area contributed by atoms with Crippen molar-refractivity contribution in [1.29, 1.82) is 5.26 Å². The summed E-state index contributed by atoms with van der Waals surface area (Å²) in [7, 11) is 0. The Morgan fingerprint density at radius 3 is 2.33 bits per heavy atom. The van der Waals surface area contributed by atoms with E-state index in [1.165, 1.54) is 5.56 Å². The van der Waals surface area contributed by atoms with Gasteiger partial charge in [-0.25, -0.2) is 0 Å². The second kappa shape index (κ2) is 6.21. The summed E-state index contributed by atoms with van der Waals surface area (Å²) in [6, 6.07) is 12.8. The topological polar surface area (TPSA) is 35.8 Å². The third kappa shape index (κ3) is 3.38. The third-order valence-corrected chi connectivity index (χ3v) is 2.58. The highest BCUT2D eigenvalue weighted by Crippen LogP contribution is 2.16. The molecule has 0 aliphatic carbocycles. The normalized spacial score (nSPS) is 14.2. The van der Waals surface area contributed by atoms with Crippen molar-refractivity contribution in [2.75, 3.05) is 0 Å². The number of nitrogens with zero attached hydrogens (tertiary/aromatic N) is 1. The Labute approximate surface area is 91.9 Å². The first-order valence-corrected chi connectivity index (χ1v) is 5.52. The summed E-state index contributed by atoms with van der Waals surface area (Å²) in [6.45, 7) is 4.16. The lowest BCUT2D eigenvalue weighted by molar-refractivity contribution is 0.469. The van der Waals surface area contributed by atoms with Crippen LogP contribution in [0.4, 0.5) is 0 Å². The highest BCUT2D eigenvalue weighted by Gasteiger charge is 2.12. The summed E-state index contributed by atoms with van der Waals surface area (Å²) in [6.07, 6.45) is 1.85. The fraction of sp³-hybridized carbons (Fsp3) is 0.462. The first-order valence-electron chi connectivity index (χ1n) is 5.52. The highest BCUT2D eigenvalue weighted by atomic mass is 14.9. The minimum Gasteiger partial charge on any atom is -0.295 e. The molecule has 2 unspecified atom stereocenters. The van der Waals surface area contributed by atoms with Crippen molar-refractivity contribution in [2.24, 2.45) is 0 Å². The van der Waals surface area contributed by atoms with Crippen LogP contribution in [0.5, 0.6) is 0 Å². The zero-order chi connectivity index (χ0) is 11.1. The SMILES string of the molecule is CCC(C#N)NC(CC)c1ccccc1. The Kier molecular flexibility index (Phi) is 4.86. The van der Waals surface area contributed by atoms with Crippen LogP contribution in [-0.2, 0) is 0 Å². The number of benzene rings is 1. The van der Waals surface area contributed by atoms with E-state index in [0.717, 1.165) is 12.8 Å². The van der Waals surface area contributed by atoms with Crippen LogP contribution in [0.25, 0.3) is 0 Å². The smallest absolute Gasteiger partial charge is 0.0955 e. The van der Waals surface area contributed by atoms with Gasteiger partial charge >= 0.3 is 0 Å². The average Bonchev–Trinajstić information content (AvgIpc) is 2.32. The number of nitriles is 1. The molecule has 2 nitrogen and oxygen atoms in total. The van der Waals surface area contributed by atoms with Gasteiger partial charge < -0.3 is 0 Å². The fourth-order valence-corrected chi connectivity index (χ4v) is 1.62. The van der Waals surface area contributed by atoms with Crippen LogP contribution in [0.1, 0.15) is 38.3 Å². The van der Waals surface area contributed by atoms with E-state index in [2.05, 4.69) is 30.4 Å². The fourth-order valence-electron chi connectivity index (χ4n) is 1.62. The Bertz CT molecular complexity index is 313. The van der Waals surface area contributed by atoms with E-state index >= 15 is 0 Å². The molecule has 0 spiro atoms. The van der Waals surface area contributed by atoms with Gasteiger partial charge in [0.2, 0.25) is 0 Å². The minimum atomic E-state index is -0.0462. The lowest BCUT2D eigenvalue weighted by atomic mass is 10.0. The minimum absolute atomic E-state index is 0.0462. The maximum absolute atomic E-state index is 8.90. The molecule has 0 amide bonds. The molecule has 80 valence electrons. The van der Waals surface area contributed by atoms with Gasteiger partial charge in [0, 0.05) is 6.04 Å². The molecule has 2 heteroatoms. The molecule has 0 fully saturated rings. The predicted molar refractivity (Wildman–Crippen MR) is 62.3 cm³/mol. The number of hydrogen-bond donors (Lipinski definition) is 1. The van der Waals surface area contributed by atoms with Gasteiger partial charge in [0.15, 0.2) is 0 Å². The number of nitrogens with one attached hydrogen (secondary N) is 1. The molecule has 0 heterocycles. The molecule has 0 aliphatic heterocycles. The van der Waals surface area contributed by atoms with Crippen LogP contribution in [0.3, 0.4) is 0 Å². The third-order valence-electron chi connectivity index (χ3n) is 2.58. The summed E-state index contributed by atoms with van der Waals surface area (Å²) in [5.74, 6) is 0. The largest absolute Gasteiger partial charge is 0.295 e. The Balaban J connectivity index is 2.69. The molecular weight excluding hydrogens is 184 g/mol. The molecule has 0 aromatic heterocycles. The second-order valence-electron chi connectivity index (χ2n) is 3.63. The van der Waals surface area contributed by atoms with E-state index in [1.54, 1.807) is 0 Å². The van der Waals surface area contributed by atoms with Gasteiger partial charge in [-0.3, -0.25) is 5.32 Å². The van der Waals surface area contributed by atoms with Crippen LogP contribution in [0.15, 0.2) is 30.3 Å². The molecule has 0 aliphatic rings. The maximum Gasteiger partial charge on any atom is 0.0955 e. The molecule has 1 N–H and O–H groups in total. The molecule has 0 radical (unpaired) electrons. The van der Waals surface area contributed by atoms with Gasteiger partial charge in [-0.05, 0) is 18.4 Å². The standard InChI is InChI=1S/C13H18N2/c1-3-12(10-14)15-13(4-2)11-8-6-5-7-9-11/h5-9,12-13,15H,3-4H2,1-2H3.